The zero-order valence-electron chi connectivity index (χ0n) is 13.6. The average Bonchev–Trinajstić information content (AvgIpc) is 3.27. The van der Waals surface area contributed by atoms with Crippen molar-refractivity contribution in [1.82, 2.24) is 25.2 Å². The van der Waals surface area contributed by atoms with Crippen LogP contribution < -0.4 is 10.6 Å². The van der Waals surface area contributed by atoms with E-state index in [1.54, 1.807) is 0 Å². The minimum Gasteiger partial charge on any atom is -0.371 e. The molecule has 4 rings (SSSR count). The molecule has 3 aromatic rings. The van der Waals surface area contributed by atoms with E-state index in [9.17, 15) is 4.79 Å². The maximum atomic E-state index is 12.3. The van der Waals surface area contributed by atoms with Crippen LogP contribution in [0, 0.1) is 0 Å². The van der Waals surface area contributed by atoms with E-state index in [1.165, 1.54) is 0 Å². The Morgan fingerprint density at radius 2 is 2.00 bits per heavy atom. The molecule has 1 aliphatic heterocycles. The van der Waals surface area contributed by atoms with Crippen LogP contribution in [0.1, 0.15) is 23.9 Å². The van der Waals surface area contributed by atoms with Crippen molar-refractivity contribution in [2.45, 2.75) is 25.1 Å². The number of urea groups is 1. The minimum absolute atomic E-state index is 0.0439. The zero-order chi connectivity index (χ0) is 17.1. The summed E-state index contributed by atoms with van der Waals surface area (Å²) >= 11 is 0. The fourth-order valence-electron chi connectivity index (χ4n) is 3.10. The van der Waals surface area contributed by atoms with Crippen molar-refractivity contribution < 1.29 is 9.53 Å². The van der Waals surface area contributed by atoms with E-state index in [4.69, 9.17) is 4.74 Å². The molecule has 2 amide bonds. The monoisotopic (exact) mass is 337 g/mol. The summed E-state index contributed by atoms with van der Waals surface area (Å²) in [5.74, 6) is 0.688. The van der Waals surface area contributed by atoms with Gasteiger partial charge in [-0.15, -0.1) is 10.2 Å². The topological polar surface area (TPSA) is 80.6 Å². The largest absolute Gasteiger partial charge is 0.371 e. The molecule has 2 N–H and O–H groups in total. The van der Waals surface area contributed by atoms with E-state index >= 15 is 0 Å². The van der Waals surface area contributed by atoms with Crippen molar-refractivity contribution in [3.63, 3.8) is 0 Å². The third kappa shape index (κ3) is 3.32. The Morgan fingerprint density at radius 1 is 1.16 bits per heavy atom. The first-order valence-corrected chi connectivity index (χ1v) is 8.31. The van der Waals surface area contributed by atoms with Crippen LogP contribution in [0.3, 0.4) is 0 Å². The third-order valence-electron chi connectivity index (χ3n) is 4.33. The molecule has 7 nitrogen and oxygen atoms in total. The number of hydrogen-bond donors (Lipinski definition) is 2. The van der Waals surface area contributed by atoms with Crippen LogP contribution in [0.25, 0.3) is 5.65 Å². The van der Waals surface area contributed by atoms with Gasteiger partial charge >= 0.3 is 6.03 Å². The molecule has 0 unspecified atom stereocenters. The first kappa shape index (κ1) is 15.6. The van der Waals surface area contributed by atoms with E-state index in [0.717, 1.165) is 17.6 Å². The molecule has 0 bridgehead atoms. The quantitative estimate of drug-likeness (QED) is 0.764. The molecule has 0 saturated carbocycles. The number of pyridine rings is 1. The van der Waals surface area contributed by atoms with Gasteiger partial charge in [-0.3, -0.25) is 4.40 Å². The number of nitrogens with one attached hydrogen (secondary N) is 2. The Kier molecular flexibility index (Phi) is 4.30. The van der Waals surface area contributed by atoms with Crippen LogP contribution in [0.4, 0.5) is 4.79 Å². The summed E-state index contributed by atoms with van der Waals surface area (Å²) in [6.07, 6.45) is 2.56. The zero-order valence-corrected chi connectivity index (χ0v) is 13.6. The molecule has 0 spiro atoms. The Balaban J connectivity index is 1.37. The van der Waals surface area contributed by atoms with Crippen LogP contribution >= 0.6 is 0 Å². The number of rotatable bonds is 4. The molecule has 2 aromatic heterocycles. The van der Waals surface area contributed by atoms with Gasteiger partial charge in [0.1, 0.15) is 6.10 Å². The molecule has 25 heavy (non-hydrogen) atoms. The van der Waals surface area contributed by atoms with Gasteiger partial charge in [0.25, 0.3) is 0 Å². The van der Waals surface area contributed by atoms with Gasteiger partial charge in [0.2, 0.25) is 0 Å². The maximum Gasteiger partial charge on any atom is 0.315 e. The molecular formula is C18H19N5O2. The summed E-state index contributed by atoms with van der Waals surface area (Å²) in [6, 6.07) is 15.4. The lowest BCUT2D eigenvalue weighted by molar-refractivity contribution is 0.0999. The number of ether oxygens (including phenoxy) is 1. The van der Waals surface area contributed by atoms with E-state index in [0.29, 0.717) is 19.0 Å². The Labute approximate surface area is 145 Å². The number of amides is 2. The van der Waals surface area contributed by atoms with E-state index < -0.39 is 0 Å². The summed E-state index contributed by atoms with van der Waals surface area (Å²) in [4.78, 5) is 12.3. The summed E-state index contributed by atoms with van der Waals surface area (Å²) in [5, 5.41) is 14.0. The van der Waals surface area contributed by atoms with Crippen LogP contribution in [0.2, 0.25) is 0 Å². The lowest BCUT2D eigenvalue weighted by Gasteiger charge is -2.20. The predicted octanol–water partition coefficient (Wildman–Crippen LogP) is 2.06. The lowest BCUT2D eigenvalue weighted by atomic mass is 10.0. The normalized spacial score (nSPS) is 19.8. The smallest absolute Gasteiger partial charge is 0.315 e. The summed E-state index contributed by atoms with van der Waals surface area (Å²) in [6.45, 7) is 0.944. The Morgan fingerprint density at radius 3 is 2.88 bits per heavy atom. The van der Waals surface area contributed by atoms with Gasteiger partial charge in [0, 0.05) is 12.8 Å². The average molecular weight is 337 g/mol. The molecule has 3 heterocycles. The molecule has 128 valence electrons. The number of nitrogens with zero attached hydrogens (tertiary/aromatic N) is 3. The number of fused-ring (bicyclic) bond motifs is 1. The molecule has 2 atom stereocenters. The van der Waals surface area contributed by atoms with Gasteiger partial charge in [-0.25, -0.2) is 4.79 Å². The number of aromatic nitrogens is 3. The van der Waals surface area contributed by atoms with Crippen LogP contribution in [0.15, 0.2) is 54.7 Å². The van der Waals surface area contributed by atoms with E-state index in [1.807, 2.05) is 59.1 Å². The number of carbonyl (C=O) groups excluding carboxylic acids is 1. The van der Waals surface area contributed by atoms with Gasteiger partial charge in [-0.05, 0) is 24.1 Å². The van der Waals surface area contributed by atoms with Crippen LogP contribution in [-0.4, -0.2) is 33.3 Å². The second-order valence-electron chi connectivity index (χ2n) is 5.97. The Bertz CT molecular complexity index is 864. The SMILES string of the molecule is O=C(NCc1nnc2ccccn12)N[C@H]1CCO[C@H]1c1ccccc1. The number of benzene rings is 1. The molecular weight excluding hydrogens is 318 g/mol. The van der Waals surface area contributed by atoms with Crippen molar-refractivity contribution in [1.29, 1.82) is 0 Å². The fraction of sp³-hybridized carbons (Fsp3) is 0.278. The second-order valence-corrected chi connectivity index (χ2v) is 5.97. The molecule has 1 fully saturated rings. The Hall–Kier alpha value is -2.93. The highest BCUT2D eigenvalue weighted by Crippen LogP contribution is 2.28. The first-order chi connectivity index (χ1) is 12.3. The molecule has 0 aliphatic carbocycles. The van der Waals surface area contributed by atoms with Gasteiger partial charge in [-0.1, -0.05) is 36.4 Å². The van der Waals surface area contributed by atoms with Gasteiger partial charge < -0.3 is 15.4 Å². The second kappa shape index (κ2) is 6.90. The predicted molar refractivity (Wildman–Crippen MR) is 91.9 cm³/mol. The van der Waals surface area contributed by atoms with Crippen molar-refractivity contribution in [2.75, 3.05) is 6.61 Å². The van der Waals surface area contributed by atoms with Gasteiger partial charge in [0.15, 0.2) is 11.5 Å². The van der Waals surface area contributed by atoms with E-state index in [2.05, 4.69) is 20.8 Å². The fourth-order valence-corrected chi connectivity index (χ4v) is 3.10. The van der Waals surface area contributed by atoms with E-state index in [-0.39, 0.29) is 18.2 Å². The van der Waals surface area contributed by atoms with Crippen molar-refractivity contribution in [3.05, 3.63) is 66.1 Å². The van der Waals surface area contributed by atoms with Gasteiger partial charge in [-0.2, -0.15) is 0 Å². The standard InChI is InChI=1S/C18H19N5O2/c24-18(19-12-16-22-21-15-8-4-5-10-23(15)16)20-14-9-11-25-17(14)13-6-2-1-3-7-13/h1-8,10,14,17H,9,11-12H2,(H2,19,20,24)/t14-,17-/m0/s1. The van der Waals surface area contributed by atoms with Crippen molar-refractivity contribution in [2.24, 2.45) is 0 Å². The maximum absolute atomic E-state index is 12.3. The molecule has 7 heteroatoms. The minimum atomic E-state index is -0.232. The summed E-state index contributed by atoms with van der Waals surface area (Å²) < 4.78 is 7.64. The lowest BCUT2D eigenvalue weighted by Crippen LogP contribution is -2.43. The molecule has 1 saturated heterocycles. The highest BCUT2D eigenvalue weighted by atomic mass is 16.5. The summed E-state index contributed by atoms with van der Waals surface area (Å²) in [7, 11) is 0. The molecule has 0 radical (unpaired) electrons. The molecule has 1 aromatic carbocycles. The van der Waals surface area contributed by atoms with Gasteiger partial charge in [0.05, 0.1) is 12.6 Å². The summed E-state index contributed by atoms with van der Waals surface area (Å²) in [5.41, 5.74) is 1.83. The highest BCUT2D eigenvalue weighted by Gasteiger charge is 2.30. The van der Waals surface area contributed by atoms with Crippen molar-refractivity contribution >= 4 is 11.7 Å². The third-order valence-corrected chi connectivity index (χ3v) is 4.33. The number of carbonyl (C=O) groups is 1. The van der Waals surface area contributed by atoms with Crippen LogP contribution in [0.5, 0.6) is 0 Å². The first-order valence-electron chi connectivity index (χ1n) is 8.31. The molecule has 1 aliphatic rings. The number of hydrogen-bond acceptors (Lipinski definition) is 4. The van der Waals surface area contributed by atoms with Crippen molar-refractivity contribution in [3.8, 4) is 0 Å². The van der Waals surface area contributed by atoms with Crippen LogP contribution in [-0.2, 0) is 11.3 Å². The highest BCUT2D eigenvalue weighted by molar-refractivity contribution is 5.74.